The standard InChI is InChI=1S/C14H16BrClFN3/c1-2-3-4-13-19-12(14(16)20-13)8-18-9-5-6-10(15)11(17)7-9/h5-7,18H,2-4,8H2,1H3,(H,19,20). The molecule has 0 aliphatic rings. The molecule has 0 atom stereocenters. The lowest BCUT2D eigenvalue weighted by Crippen LogP contribution is -2.01. The second-order valence-electron chi connectivity index (χ2n) is 4.54. The first kappa shape index (κ1) is 15.3. The predicted molar refractivity (Wildman–Crippen MR) is 83.6 cm³/mol. The van der Waals surface area contributed by atoms with E-state index in [1.807, 2.05) is 0 Å². The molecule has 0 fully saturated rings. The van der Waals surface area contributed by atoms with Crippen molar-refractivity contribution in [2.45, 2.75) is 32.7 Å². The first-order valence-corrected chi connectivity index (χ1v) is 7.69. The van der Waals surface area contributed by atoms with E-state index in [0.717, 1.165) is 30.8 Å². The van der Waals surface area contributed by atoms with Crippen LogP contribution in [0.4, 0.5) is 10.1 Å². The second kappa shape index (κ2) is 7.09. The molecule has 6 heteroatoms. The number of nitrogens with one attached hydrogen (secondary N) is 2. The Balaban J connectivity index is 1.99. The average Bonchev–Trinajstić information content (AvgIpc) is 2.78. The van der Waals surface area contributed by atoms with Gasteiger partial charge in [0.15, 0.2) is 5.15 Å². The third-order valence-corrected chi connectivity index (χ3v) is 3.89. The van der Waals surface area contributed by atoms with Crippen LogP contribution in [-0.4, -0.2) is 9.97 Å². The summed E-state index contributed by atoms with van der Waals surface area (Å²) in [5.74, 6) is 0.602. The fraction of sp³-hybridized carbons (Fsp3) is 0.357. The highest BCUT2D eigenvalue weighted by Crippen LogP contribution is 2.21. The maximum atomic E-state index is 13.4. The lowest BCUT2D eigenvalue weighted by atomic mass is 10.2. The number of hydrogen-bond acceptors (Lipinski definition) is 2. The molecule has 3 nitrogen and oxygen atoms in total. The van der Waals surface area contributed by atoms with Crippen molar-refractivity contribution in [3.05, 3.63) is 45.2 Å². The quantitative estimate of drug-likeness (QED) is 0.767. The number of anilines is 1. The number of imidazole rings is 1. The molecule has 20 heavy (non-hydrogen) atoms. The summed E-state index contributed by atoms with van der Waals surface area (Å²) in [6, 6.07) is 4.90. The van der Waals surface area contributed by atoms with Crippen molar-refractivity contribution in [2.75, 3.05) is 5.32 Å². The summed E-state index contributed by atoms with van der Waals surface area (Å²) < 4.78 is 13.8. The van der Waals surface area contributed by atoms with Gasteiger partial charge in [-0.25, -0.2) is 9.37 Å². The van der Waals surface area contributed by atoms with Crippen LogP contribution < -0.4 is 5.32 Å². The van der Waals surface area contributed by atoms with Crippen molar-refractivity contribution < 1.29 is 4.39 Å². The number of H-pyrrole nitrogens is 1. The number of halogens is 3. The van der Waals surface area contributed by atoms with Crippen molar-refractivity contribution >= 4 is 33.2 Å². The van der Waals surface area contributed by atoms with E-state index in [9.17, 15) is 4.39 Å². The molecule has 0 unspecified atom stereocenters. The maximum Gasteiger partial charge on any atom is 0.152 e. The fourth-order valence-electron chi connectivity index (χ4n) is 1.82. The van der Waals surface area contributed by atoms with Gasteiger partial charge in [0, 0.05) is 12.1 Å². The molecule has 1 aromatic carbocycles. The molecule has 2 rings (SSSR count). The van der Waals surface area contributed by atoms with Gasteiger partial charge >= 0.3 is 0 Å². The summed E-state index contributed by atoms with van der Waals surface area (Å²) in [4.78, 5) is 7.48. The Bertz CT molecular complexity index is 586. The Kier molecular flexibility index (Phi) is 5.43. The summed E-state index contributed by atoms with van der Waals surface area (Å²) in [5.41, 5.74) is 1.52. The predicted octanol–water partition coefficient (Wildman–Crippen LogP) is 4.92. The van der Waals surface area contributed by atoms with E-state index in [-0.39, 0.29) is 5.82 Å². The van der Waals surface area contributed by atoms with Crippen LogP contribution in [0.3, 0.4) is 0 Å². The Morgan fingerprint density at radius 3 is 2.95 bits per heavy atom. The SMILES string of the molecule is CCCCc1nc(Cl)c(CNc2ccc(Br)c(F)c2)[nH]1. The molecule has 1 heterocycles. The molecule has 0 spiro atoms. The van der Waals surface area contributed by atoms with Crippen LogP contribution in [0.1, 0.15) is 31.3 Å². The van der Waals surface area contributed by atoms with Crippen LogP contribution in [0.2, 0.25) is 5.15 Å². The largest absolute Gasteiger partial charge is 0.379 e. The van der Waals surface area contributed by atoms with Crippen molar-refractivity contribution in [1.82, 2.24) is 9.97 Å². The lowest BCUT2D eigenvalue weighted by molar-refractivity contribution is 0.621. The summed E-state index contributed by atoms with van der Waals surface area (Å²) in [6.07, 6.45) is 3.09. The van der Waals surface area contributed by atoms with Gasteiger partial charge in [0.2, 0.25) is 0 Å². The molecule has 2 aromatic rings. The van der Waals surface area contributed by atoms with Crippen molar-refractivity contribution in [1.29, 1.82) is 0 Å². The number of aromatic amines is 1. The summed E-state index contributed by atoms with van der Waals surface area (Å²) in [7, 11) is 0. The Morgan fingerprint density at radius 1 is 1.45 bits per heavy atom. The number of hydrogen-bond donors (Lipinski definition) is 2. The minimum absolute atomic E-state index is 0.297. The van der Waals surface area contributed by atoms with E-state index in [2.05, 4.69) is 38.1 Å². The number of benzene rings is 1. The van der Waals surface area contributed by atoms with Gasteiger partial charge in [-0.3, -0.25) is 0 Å². The van der Waals surface area contributed by atoms with E-state index in [1.54, 1.807) is 12.1 Å². The number of aryl methyl sites for hydroxylation is 1. The third-order valence-electron chi connectivity index (χ3n) is 2.93. The monoisotopic (exact) mass is 359 g/mol. The molecule has 0 saturated heterocycles. The highest BCUT2D eigenvalue weighted by Gasteiger charge is 2.08. The topological polar surface area (TPSA) is 40.7 Å². The third kappa shape index (κ3) is 3.96. The van der Waals surface area contributed by atoms with Gasteiger partial charge in [-0.05, 0) is 40.5 Å². The molecule has 1 aromatic heterocycles. The van der Waals surface area contributed by atoms with Crippen LogP contribution in [0, 0.1) is 5.82 Å². The smallest absolute Gasteiger partial charge is 0.152 e. The number of aromatic nitrogens is 2. The first-order chi connectivity index (χ1) is 9.60. The first-order valence-electron chi connectivity index (χ1n) is 6.52. The molecule has 0 aliphatic carbocycles. The normalized spacial score (nSPS) is 10.8. The van der Waals surface area contributed by atoms with Gasteiger partial charge in [0.1, 0.15) is 11.6 Å². The number of unbranched alkanes of at least 4 members (excludes halogenated alkanes) is 1. The molecule has 0 saturated carbocycles. The van der Waals surface area contributed by atoms with E-state index in [4.69, 9.17) is 11.6 Å². The molecule has 0 amide bonds. The zero-order valence-corrected chi connectivity index (χ0v) is 13.5. The minimum atomic E-state index is -0.297. The molecular formula is C14H16BrClFN3. The number of rotatable bonds is 6. The Hall–Kier alpha value is -1.07. The maximum absolute atomic E-state index is 13.4. The zero-order chi connectivity index (χ0) is 14.5. The van der Waals surface area contributed by atoms with Gasteiger partial charge < -0.3 is 10.3 Å². The summed E-state index contributed by atoms with van der Waals surface area (Å²) >= 11 is 9.21. The van der Waals surface area contributed by atoms with Crippen LogP contribution in [0.15, 0.2) is 22.7 Å². The van der Waals surface area contributed by atoms with Crippen LogP contribution >= 0.6 is 27.5 Å². The van der Waals surface area contributed by atoms with Crippen LogP contribution in [0.25, 0.3) is 0 Å². The fourth-order valence-corrected chi connectivity index (χ4v) is 2.28. The zero-order valence-electron chi connectivity index (χ0n) is 11.1. The Labute approximate surface area is 131 Å². The molecule has 0 bridgehead atoms. The van der Waals surface area contributed by atoms with Gasteiger partial charge in [-0.2, -0.15) is 0 Å². The highest BCUT2D eigenvalue weighted by atomic mass is 79.9. The molecule has 0 aliphatic heterocycles. The van der Waals surface area contributed by atoms with Crippen LogP contribution in [0.5, 0.6) is 0 Å². The molecule has 0 radical (unpaired) electrons. The second-order valence-corrected chi connectivity index (χ2v) is 5.75. The Morgan fingerprint density at radius 2 is 2.25 bits per heavy atom. The number of nitrogens with zero attached hydrogens (tertiary/aromatic N) is 1. The van der Waals surface area contributed by atoms with Crippen LogP contribution in [-0.2, 0) is 13.0 Å². The van der Waals surface area contributed by atoms with Gasteiger partial charge in [-0.15, -0.1) is 0 Å². The molecule has 108 valence electrons. The van der Waals surface area contributed by atoms with E-state index in [1.165, 1.54) is 6.07 Å². The van der Waals surface area contributed by atoms with Crippen molar-refractivity contribution in [3.63, 3.8) is 0 Å². The van der Waals surface area contributed by atoms with Gasteiger partial charge in [-0.1, -0.05) is 24.9 Å². The van der Waals surface area contributed by atoms with Crippen molar-refractivity contribution in [3.8, 4) is 0 Å². The molecular weight excluding hydrogens is 345 g/mol. The average molecular weight is 361 g/mol. The van der Waals surface area contributed by atoms with Crippen molar-refractivity contribution in [2.24, 2.45) is 0 Å². The molecule has 2 N–H and O–H groups in total. The van der Waals surface area contributed by atoms with E-state index >= 15 is 0 Å². The van der Waals surface area contributed by atoms with Gasteiger partial charge in [0.05, 0.1) is 16.7 Å². The minimum Gasteiger partial charge on any atom is -0.379 e. The highest BCUT2D eigenvalue weighted by molar-refractivity contribution is 9.10. The lowest BCUT2D eigenvalue weighted by Gasteiger charge is -2.06. The van der Waals surface area contributed by atoms with E-state index < -0.39 is 0 Å². The van der Waals surface area contributed by atoms with Gasteiger partial charge in [0.25, 0.3) is 0 Å². The summed E-state index contributed by atoms with van der Waals surface area (Å²) in [5, 5.41) is 3.60. The van der Waals surface area contributed by atoms with E-state index in [0.29, 0.717) is 21.9 Å². The summed E-state index contributed by atoms with van der Waals surface area (Å²) in [6.45, 7) is 2.62.